The third-order valence-corrected chi connectivity index (χ3v) is 7.22. The van der Waals surface area contributed by atoms with Crippen LogP contribution in [0.5, 0.6) is 0 Å². The molecule has 1 heterocycles. The molecule has 31 heavy (non-hydrogen) atoms. The highest BCUT2D eigenvalue weighted by molar-refractivity contribution is 7.89. The second kappa shape index (κ2) is 9.49. The largest absolute Gasteiger partial charge is 0.329 e. The van der Waals surface area contributed by atoms with E-state index in [0.29, 0.717) is 30.8 Å². The number of hydrogen-bond acceptors (Lipinski definition) is 4. The summed E-state index contributed by atoms with van der Waals surface area (Å²) in [7, 11) is -3.56. The van der Waals surface area contributed by atoms with E-state index in [9.17, 15) is 18.0 Å². The number of carbonyl (C=O) groups is 1. The number of imidazole rings is 1. The van der Waals surface area contributed by atoms with Gasteiger partial charge in [0, 0.05) is 25.3 Å². The molecule has 0 bridgehead atoms. The monoisotopic (exact) mass is 444 g/mol. The van der Waals surface area contributed by atoms with E-state index >= 15 is 0 Å². The Morgan fingerprint density at radius 2 is 1.52 bits per heavy atom. The fraction of sp³-hybridized carbons (Fsp3) is 0.364. The van der Waals surface area contributed by atoms with Gasteiger partial charge in [0.1, 0.15) is 6.54 Å². The Morgan fingerprint density at radius 1 is 0.935 bits per heavy atom. The van der Waals surface area contributed by atoms with Gasteiger partial charge in [-0.3, -0.25) is 13.9 Å². The molecule has 0 radical (unpaired) electrons. The summed E-state index contributed by atoms with van der Waals surface area (Å²) in [5.74, 6) is -0.360. The lowest BCUT2D eigenvalue weighted by molar-refractivity contribution is -0.116. The van der Waals surface area contributed by atoms with Crippen LogP contribution >= 0.6 is 0 Å². The van der Waals surface area contributed by atoms with Crippen molar-refractivity contribution in [3.8, 4) is 0 Å². The van der Waals surface area contributed by atoms with Gasteiger partial charge in [0.25, 0.3) is 0 Å². The maximum atomic E-state index is 12.8. The SMILES string of the molecule is CCCn1c(=O)n(CC(=O)Nc2ccc(S(=O)(=O)N(CC)CC)cc2)c2ccccc21. The van der Waals surface area contributed by atoms with Crippen molar-refractivity contribution in [2.75, 3.05) is 18.4 Å². The van der Waals surface area contributed by atoms with Gasteiger partial charge in [0.15, 0.2) is 0 Å². The average Bonchev–Trinajstić information content (AvgIpc) is 3.01. The number of aryl methyl sites for hydroxylation is 1. The van der Waals surface area contributed by atoms with Gasteiger partial charge in [-0.25, -0.2) is 13.2 Å². The van der Waals surface area contributed by atoms with Gasteiger partial charge >= 0.3 is 5.69 Å². The number of amides is 1. The minimum atomic E-state index is -3.56. The molecule has 3 aromatic rings. The number of sulfonamides is 1. The molecule has 0 aliphatic rings. The standard InChI is InChI=1S/C22H28N4O4S/c1-4-15-25-19-9-7-8-10-20(19)26(22(25)28)16-21(27)23-17-11-13-18(14-12-17)31(29,30)24(5-2)6-3/h7-14H,4-6,15-16H2,1-3H3,(H,23,27). The molecule has 3 rings (SSSR count). The summed E-state index contributed by atoms with van der Waals surface area (Å²) in [5, 5.41) is 2.74. The van der Waals surface area contributed by atoms with E-state index in [1.54, 1.807) is 30.5 Å². The fourth-order valence-electron chi connectivity index (χ4n) is 3.63. The number of para-hydroxylation sites is 2. The van der Waals surface area contributed by atoms with E-state index in [2.05, 4.69) is 5.32 Å². The quantitative estimate of drug-likeness (QED) is 0.549. The molecule has 2 aromatic carbocycles. The smallest absolute Gasteiger partial charge is 0.325 e. The first-order valence-electron chi connectivity index (χ1n) is 10.4. The van der Waals surface area contributed by atoms with Crippen molar-refractivity contribution in [2.45, 2.75) is 45.2 Å². The van der Waals surface area contributed by atoms with Gasteiger partial charge in [-0.15, -0.1) is 0 Å². The molecule has 1 N–H and O–H groups in total. The van der Waals surface area contributed by atoms with Crippen molar-refractivity contribution >= 4 is 32.7 Å². The van der Waals surface area contributed by atoms with Gasteiger partial charge in [0.2, 0.25) is 15.9 Å². The van der Waals surface area contributed by atoms with Crippen LogP contribution in [0.25, 0.3) is 11.0 Å². The van der Waals surface area contributed by atoms with Crippen molar-refractivity contribution < 1.29 is 13.2 Å². The van der Waals surface area contributed by atoms with Gasteiger partial charge in [-0.05, 0) is 42.8 Å². The van der Waals surface area contributed by atoms with Crippen molar-refractivity contribution in [3.05, 3.63) is 59.0 Å². The van der Waals surface area contributed by atoms with Gasteiger partial charge in [-0.2, -0.15) is 4.31 Å². The third kappa shape index (κ3) is 4.57. The zero-order valence-corrected chi connectivity index (χ0v) is 18.9. The lowest BCUT2D eigenvalue weighted by Crippen LogP contribution is -2.30. The molecule has 0 fully saturated rings. The van der Waals surface area contributed by atoms with E-state index in [4.69, 9.17) is 0 Å². The second-order valence-corrected chi connectivity index (χ2v) is 9.11. The molecule has 9 heteroatoms. The van der Waals surface area contributed by atoms with Gasteiger partial charge in [-0.1, -0.05) is 32.9 Å². The number of fused-ring (bicyclic) bond motifs is 1. The predicted molar refractivity (Wildman–Crippen MR) is 122 cm³/mol. The molecule has 0 saturated carbocycles. The van der Waals surface area contributed by atoms with Crippen LogP contribution in [0.15, 0.2) is 58.2 Å². The summed E-state index contributed by atoms with van der Waals surface area (Å²) >= 11 is 0. The molecule has 0 aliphatic heterocycles. The van der Waals surface area contributed by atoms with Crippen LogP contribution in [0.2, 0.25) is 0 Å². The lowest BCUT2D eigenvalue weighted by atomic mass is 10.3. The van der Waals surface area contributed by atoms with Crippen LogP contribution in [-0.2, 0) is 27.9 Å². The van der Waals surface area contributed by atoms with Crippen LogP contribution < -0.4 is 11.0 Å². The molecule has 8 nitrogen and oxygen atoms in total. The summed E-state index contributed by atoms with van der Waals surface area (Å²) in [6.45, 7) is 6.79. The van der Waals surface area contributed by atoms with E-state index < -0.39 is 10.0 Å². The predicted octanol–water partition coefficient (Wildman–Crippen LogP) is 2.88. The number of carbonyl (C=O) groups excluding carboxylic acids is 1. The van der Waals surface area contributed by atoms with Crippen molar-refractivity contribution in [3.63, 3.8) is 0 Å². The molecule has 0 atom stereocenters. The first kappa shape index (κ1) is 22.8. The third-order valence-electron chi connectivity index (χ3n) is 5.16. The number of nitrogens with one attached hydrogen (secondary N) is 1. The minimum Gasteiger partial charge on any atom is -0.325 e. The zero-order chi connectivity index (χ0) is 22.6. The number of nitrogens with zero attached hydrogens (tertiary/aromatic N) is 3. The number of anilines is 1. The van der Waals surface area contributed by atoms with E-state index in [-0.39, 0.29) is 23.0 Å². The molecule has 0 spiro atoms. The maximum Gasteiger partial charge on any atom is 0.329 e. The summed E-state index contributed by atoms with van der Waals surface area (Å²) < 4.78 is 29.7. The van der Waals surface area contributed by atoms with Crippen LogP contribution in [0.4, 0.5) is 5.69 Å². The number of benzene rings is 2. The molecule has 0 aliphatic carbocycles. The Labute approximate surface area is 182 Å². The molecule has 0 unspecified atom stereocenters. The first-order valence-corrected chi connectivity index (χ1v) is 11.9. The Morgan fingerprint density at radius 3 is 2.06 bits per heavy atom. The molecule has 1 aromatic heterocycles. The number of aromatic nitrogens is 2. The molecule has 166 valence electrons. The zero-order valence-electron chi connectivity index (χ0n) is 18.0. The van der Waals surface area contributed by atoms with E-state index in [1.807, 2.05) is 31.2 Å². The molecule has 0 saturated heterocycles. The van der Waals surface area contributed by atoms with Crippen molar-refractivity contribution in [1.82, 2.24) is 13.4 Å². The Bertz CT molecular complexity index is 1220. The highest BCUT2D eigenvalue weighted by atomic mass is 32.2. The minimum absolute atomic E-state index is 0.129. The van der Waals surface area contributed by atoms with E-state index in [1.165, 1.54) is 21.0 Å². The van der Waals surface area contributed by atoms with Gasteiger partial charge in [0.05, 0.1) is 15.9 Å². The average molecular weight is 445 g/mol. The van der Waals surface area contributed by atoms with Crippen LogP contribution in [-0.4, -0.2) is 40.9 Å². The number of rotatable bonds is 9. The van der Waals surface area contributed by atoms with E-state index in [0.717, 1.165) is 11.9 Å². The van der Waals surface area contributed by atoms with Crippen molar-refractivity contribution in [1.29, 1.82) is 0 Å². The Kier molecular flexibility index (Phi) is 6.97. The van der Waals surface area contributed by atoms with Crippen molar-refractivity contribution in [2.24, 2.45) is 0 Å². The lowest BCUT2D eigenvalue weighted by Gasteiger charge is -2.18. The van der Waals surface area contributed by atoms with Gasteiger partial charge < -0.3 is 5.32 Å². The van der Waals surface area contributed by atoms with Crippen LogP contribution in [0.1, 0.15) is 27.2 Å². The first-order chi connectivity index (χ1) is 14.8. The number of hydrogen-bond donors (Lipinski definition) is 1. The normalized spacial score (nSPS) is 11.9. The summed E-state index contributed by atoms with van der Waals surface area (Å²) in [6.07, 6.45) is 0.808. The highest BCUT2D eigenvalue weighted by Gasteiger charge is 2.21. The molecular weight excluding hydrogens is 416 g/mol. The summed E-state index contributed by atoms with van der Waals surface area (Å²) in [4.78, 5) is 25.6. The van der Waals surface area contributed by atoms with Crippen LogP contribution in [0.3, 0.4) is 0 Å². The summed E-state index contributed by atoms with van der Waals surface area (Å²) in [5.41, 5.74) is 1.75. The molecule has 1 amide bonds. The Balaban J connectivity index is 1.79. The topological polar surface area (TPSA) is 93.4 Å². The molecular formula is C22H28N4O4S. The Hall–Kier alpha value is -2.91. The van der Waals surface area contributed by atoms with Crippen LogP contribution in [0, 0.1) is 0 Å². The summed E-state index contributed by atoms with van der Waals surface area (Å²) in [6, 6.07) is 13.5. The second-order valence-electron chi connectivity index (χ2n) is 7.17. The fourth-order valence-corrected chi connectivity index (χ4v) is 5.09. The highest BCUT2D eigenvalue weighted by Crippen LogP contribution is 2.19. The maximum absolute atomic E-state index is 12.8.